The zero-order chi connectivity index (χ0) is 20.9. The Morgan fingerprint density at radius 3 is 2.24 bits per heavy atom. The van der Waals surface area contributed by atoms with E-state index in [1.165, 1.54) is 0 Å². The molecule has 1 fully saturated rings. The molecule has 2 N–H and O–H groups in total. The van der Waals surface area contributed by atoms with E-state index in [4.69, 9.17) is 9.47 Å². The van der Waals surface area contributed by atoms with Crippen LogP contribution < -0.4 is 20.3 Å². The van der Waals surface area contributed by atoms with Gasteiger partial charge in [-0.15, -0.1) is 0 Å². The van der Waals surface area contributed by atoms with Crippen molar-refractivity contribution in [2.24, 2.45) is 5.41 Å². The number of morpholine rings is 1. The van der Waals surface area contributed by atoms with Gasteiger partial charge in [-0.25, -0.2) is 0 Å². The molecule has 1 saturated heterocycles. The van der Waals surface area contributed by atoms with Gasteiger partial charge in [0, 0.05) is 18.8 Å². The molecule has 2 aromatic rings. The highest BCUT2D eigenvalue weighted by molar-refractivity contribution is 6.14. The van der Waals surface area contributed by atoms with E-state index in [2.05, 4.69) is 15.5 Å². The fraction of sp³-hybridized carbons (Fsp3) is 0.364. The van der Waals surface area contributed by atoms with E-state index in [0.717, 1.165) is 18.8 Å². The van der Waals surface area contributed by atoms with E-state index >= 15 is 0 Å². The molecule has 1 aliphatic rings. The molecule has 154 valence electrons. The van der Waals surface area contributed by atoms with Crippen LogP contribution in [0.25, 0.3) is 0 Å². The molecule has 29 heavy (non-hydrogen) atoms. The average Bonchev–Trinajstić information content (AvgIpc) is 2.75. The van der Waals surface area contributed by atoms with Gasteiger partial charge in [-0.1, -0.05) is 12.1 Å². The fourth-order valence-electron chi connectivity index (χ4n) is 3.00. The normalized spacial score (nSPS) is 14.2. The van der Waals surface area contributed by atoms with Crippen molar-refractivity contribution in [2.75, 3.05) is 48.9 Å². The van der Waals surface area contributed by atoms with Crippen LogP contribution in [0.1, 0.15) is 13.8 Å². The summed E-state index contributed by atoms with van der Waals surface area (Å²) in [6.45, 7) is 6.04. The zero-order valence-corrected chi connectivity index (χ0v) is 17.0. The molecule has 0 unspecified atom stereocenters. The number of methoxy groups -OCH3 is 1. The molecule has 7 heteroatoms. The zero-order valence-electron chi connectivity index (χ0n) is 17.0. The topological polar surface area (TPSA) is 79.9 Å². The van der Waals surface area contributed by atoms with Crippen LogP contribution in [0, 0.1) is 5.41 Å². The van der Waals surface area contributed by atoms with Gasteiger partial charge in [-0.3, -0.25) is 9.59 Å². The van der Waals surface area contributed by atoms with Gasteiger partial charge < -0.3 is 25.0 Å². The van der Waals surface area contributed by atoms with E-state index < -0.39 is 5.41 Å². The number of carbonyl (C=O) groups is 2. The van der Waals surface area contributed by atoms with E-state index in [0.29, 0.717) is 30.3 Å². The summed E-state index contributed by atoms with van der Waals surface area (Å²) >= 11 is 0. The van der Waals surface area contributed by atoms with Crippen LogP contribution in [-0.2, 0) is 14.3 Å². The van der Waals surface area contributed by atoms with Crippen molar-refractivity contribution in [3.63, 3.8) is 0 Å². The maximum atomic E-state index is 13.0. The molecule has 0 saturated carbocycles. The number of rotatable bonds is 6. The quantitative estimate of drug-likeness (QED) is 0.732. The Morgan fingerprint density at radius 1 is 0.966 bits per heavy atom. The summed E-state index contributed by atoms with van der Waals surface area (Å²) in [5, 5.41) is 5.73. The highest BCUT2D eigenvalue weighted by Gasteiger charge is 2.36. The van der Waals surface area contributed by atoms with E-state index in [1.807, 2.05) is 24.3 Å². The smallest absolute Gasteiger partial charge is 0.239 e. The highest BCUT2D eigenvalue weighted by Crippen LogP contribution is 2.29. The molecular formula is C22H27N3O4. The molecule has 2 aromatic carbocycles. The van der Waals surface area contributed by atoms with Crippen LogP contribution in [0.3, 0.4) is 0 Å². The van der Waals surface area contributed by atoms with Gasteiger partial charge in [0.2, 0.25) is 11.8 Å². The predicted molar refractivity (Wildman–Crippen MR) is 114 cm³/mol. The van der Waals surface area contributed by atoms with Gasteiger partial charge in [0.1, 0.15) is 11.2 Å². The SMILES string of the molecule is COc1ccc(NC(=O)C(C)(C)C(=O)Nc2ccccc2N2CCOCC2)cc1. The lowest BCUT2D eigenvalue weighted by atomic mass is 9.90. The van der Waals surface area contributed by atoms with Gasteiger partial charge in [0.15, 0.2) is 0 Å². The molecule has 1 aliphatic heterocycles. The number of hydrogen-bond acceptors (Lipinski definition) is 5. The first kappa shape index (κ1) is 20.7. The summed E-state index contributed by atoms with van der Waals surface area (Å²) in [4.78, 5) is 27.9. The third-order valence-corrected chi connectivity index (χ3v) is 4.99. The molecule has 3 rings (SSSR count). The molecule has 1 heterocycles. The van der Waals surface area contributed by atoms with E-state index in [1.54, 1.807) is 45.2 Å². The molecule has 0 atom stereocenters. The number of hydrogen-bond donors (Lipinski definition) is 2. The minimum atomic E-state index is -1.27. The third kappa shape index (κ3) is 4.86. The Labute approximate surface area is 171 Å². The van der Waals surface area contributed by atoms with Crippen molar-refractivity contribution in [3.05, 3.63) is 48.5 Å². The summed E-state index contributed by atoms with van der Waals surface area (Å²) in [7, 11) is 1.58. The summed E-state index contributed by atoms with van der Waals surface area (Å²) in [6, 6.07) is 14.6. The van der Waals surface area contributed by atoms with Crippen LogP contribution in [0.2, 0.25) is 0 Å². The fourth-order valence-corrected chi connectivity index (χ4v) is 3.00. The first-order valence-electron chi connectivity index (χ1n) is 9.60. The molecule has 0 radical (unpaired) electrons. The van der Waals surface area contributed by atoms with E-state index in [-0.39, 0.29) is 11.8 Å². The Balaban J connectivity index is 1.71. The van der Waals surface area contributed by atoms with Crippen LogP contribution in [0.15, 0.2) is 48.5 Å². The predicted octanol–water partition coefficient (Wildman–Crippen LogP) is 3.14. The van der Waals surface area contributed by atoms with Gasteiger partial charge in [0.05, 0.1) is 31.7 Å². The van der Waals surface area contributed by atoms with Gasteiger partial charge >= 0.3 is 0 Å². The van der Waals surface area contributed by atoms with Crippen molar-refractivity contribution in [2.45, 2.75) is 13.8 Å². The second-order valence-corrected chi connectivity index (χ2v) is 7.38. The molecule has 7 nitrogen and oxygen atoms in total. The first-order valence-corrected chi connectivity index (χ1v) is 9.60. The summed E-state index contributed by atoms with van der Waals surface area (Å²) in [6.07, 6.45) is 0. The van der Waals surface area contributed by atoms with E-state index in [9.17, 15) is 9.59 Å². The summed E-state index contributed by atoms with van der Waals surface area (Å²) in [5.41, 5.74) is 0.948. The van der Waals surface area contributed by atoms with Crippen molar-refractivity contribution < 1.29 is 19.1 Å². The molecular weight excluding hydrogens is 370 g/mol. The number of ether oxygens (including phenoxy) is 2. The van der Waals surface area contributed by atoms with Crippen molar-refractivity contribution in [1.29, 1.82) is 0 Å². The highest BCUT2D eigenvalue weighted by atomic mass is 16.5. The molecule has 0 aliphatic carbocycles. The number of anilines is 3. The lowest BCUT2D eigenvalue weighted by Gasteiger charge is -2.31. The second kappa shape index (κ2) is 8.96. The maximum absolute atomic E-state index is 13.0. The van der Waals surface area contributed by atoms with Crippen molar-refractivity contribution in [1.82, 2.24) is 0 Å². The van der Waals surface area contributed by atoms with Crippen LogP contribution in [-0.4, -0.2) is 45.2 Å². The van der Waals surface area contributed by atoms with Crippen molar-refractivity contribution in [3.8, 4) is 5.75 Å². The molecule has 0 bridgehead atoms. The largest absolute Gasteiger partial charge is 0.497 e. The number of nitrogens with one attached hydrogen (secondary N) is 2. The Kier molecular flexibility index (Phi) is 6.39. The van der Waals surface area contributed by atoms with Gasteiger partial charge in [-0.2, -0.15) is 0 Å². The third-order valence-electron chi connectivity index (χ3n) is 4.99. The van der Waals surface area contributed by atoms with Crippen LogP contribution in [0.5, 0.6) is 5.75 Å². The molecule has 2 amide bonds. The molecule has 0 spiro atoms. The lowest BCUT2D eigenvalue weighted by molar-refractivity contribution is -0.135. The lowest BCUT2D eigenvalue weighted by Crippen LogP contribution is -2.42. The Hall–Kier alpha value is -3.06. The van der Waals surface area contributed by atoms with Gasteiger partial charge in [0.25, 0.3) is 0 Å². The standard InChI is InChI=1S/C22H27N3O4/c1-22(2,20(26)23-16-8-10-17(28-3)11-9-16)21(27)24-18-6-4-5-7-19(18)25-12-14-29-15-13-25/h4-11H,12-15H2,1-3H3,(H,23,26)(H,24,27). The van der Waals surface area contributed by atoms with Crippen LogP contribution >= 0.6 is 0 Å². The molecule has 0 aromatic heterocycles. The second-order valence-electron chi connectivity index (χ2n) is 7.38. The maximum Gasteiger partial charge on any atom is 0.239 e. The minimum Gasteiger partial charge on any atom is -0.497 e. The monoisotopic (exact) mass is 397 g/mol. The summed E-state index contributed by atoms with van der Waals surface area (Å²) in [5.74, 6) is -0.0621. The van der Waals surface area contributed by atoms with Crippen LogP contribution in [0.4, 0.5) is 17.1 Å². The number of para-hydroxylation sites is 2. The Bertz CT molecular complexity index is 859. The first-order chi connectivity index (χ1) is 13.9. The Morgan fingerprint density at radius 2 is 1.59 bits per heavy atom. The van der Waals surface area contributed by atoms with Gasteiger partial charge in [-0.05, 0) is 50.2 Å². The number of amides is 2. The number of benzene rings is 2. The number of carbonyl (C=O) groups excluding carboxylic acids is 2. The number of nitrogens with zero attached hydrogens (tertiary/aromatic N) is 1. The van der Waals surface area contributed by atoms with Crippen molar-refractivity contribution >= 4 is 28.9 Å². The average molecular weight is 397 g/mol. The minimum absolute atomic E-state index is 0.371. The summed E-state index contributed by atoms with van der Waals surface area (Å²) < 4.78 is 10.5.